The first kappa shape index (κ1) is 25.7. The summed E-state index contributed by atoms with van der Waals surface area (Å²) < 4.78 is 18.9. The Morgan fingerprint density at radius 1 is 1.11 bits per heavy atom. The Balaban J connectivity index is 1.87. The second kappa shape index (κ2) is 11.5. The van der Waals surface area contributed by atoms with Gasteiger partial charge < -0.3 is 20.7 Å². The molecule has 1 heterocycles. The van der Waals surface area contributed by atoms with E-state index in [2.05, 4.69) is 16.0 Å². The van der Waals surface area contributed by atoms with Gasteiger partial charge in [0.25, 0.3) is 0 Å². The Morgan fingerprint density at radius 2 is 1.77 bits per heavy atom. The van der Waals surface area contributed by atoms with Gasteiger partial charge >= 0.3 is 18.0 Å². The van der Waals surface area contributed by atoms with Crippen molar-refractivity contribution in [2.24, 2.45) is 5.92 Å². The molecule has 9 heteroatoms. The quantitative estimate of drug-likeness (QED) is 0.438. The number of ether oxygens (including phenoxy) is 1. The molecule has 35 heavy (non-hydrogen) atoms. The predicted octanol–water partition coefficient (Wildman–Crippen LogP) is 5.42. The highest BCUT2D eigenvalue weighted by molar-refractivity contribution is 6.00. The van der Waals surface area contributed by atoms with Crippen molar-refractivity contribution in [2.75, 3.05) is 23.8 Å². The van der Waals surface area contributed by atoms with Gasteiger partial charge in [0.05, 0.1) is 18.2 Å². The maximum absolute atomic E-state index is 13.4. The molecule has 1 aliphatic heterocycles. The van der Waals surface area contributed by atoms with E-state index in [0.29, 0.717) is 34.8 Å². The van der Waals surface area contributed by atoms with Crippen molar-refractivity contribution < 1.29 is 23.5 Å². The summed E-state index contributed by atoms with van der Waals surface area (Å²) >= 11 is 0. The fourth-order valence-corrected chi connectivity index (χ4v) is 3.76. The SMILES string of the molecule is CCCN1C(=O)NC(c2cccc(NC(=O)Nc3cccc(F)c3)c2)C(C(=O)OCC(C)C)=C1C. The standard InChI is InChI=1S/C26H31FN4O4/c1-5-12-31-17(4)22(24(32)35-15-16(2)3)23(30-26(31)34)18-8-6-10-20(13-18)28-25(33)29-21-11-7-9-19(27)14-21/h6-11,13-14,16,23H,5,12,15H2,1-4H3,(H,30,34)(H2,28,29,33). The van der Waals surface area contributed by atoms with E-state index < -0.39 is 23.9 Å². The summed E-state index contributed by atoms with van der Waals surface area (Å²) in [7, 11) is 0. The smallest absolute Gasteiger partial charge is 0.338 e. The number of hydrogen-bond donors (Lipinski definition) is 3. The highest BCUT2D eigenvalue weighted by Crippen LogP contribution is 2.32. The summed E-state index contributed by atoms with van der Waals surface area (Å²) in [6.45, 7) is 8.30. The van der Waals surface area contributed by atoms with Crippen LogP contribution in [0.25, 0.3) is 0 Å². The van der Waals surface area contributed by atoms with Crippen molar-refractivity contribution in [1.29, 1.82) is 0 Å². The number of amides is 4. The Morgan fingerprint density at radius 3 is 2.40 bits per heavy atom. The van der Waals surface area contributed by atoms with Crippen LogP contribution in [-0.4, -0.2) is 36.1 Å². The molecule has 0 bridgehead atoms. The molecule has 8 nitrogen and oxygen atoms in total. The Kier molecular flexibility index (Phi) is 8.46. The van der Waals surface area contributed by atoms with Crippen LogP contribution in [0.4, 0.5) is 25.4 Å². The van der Waals surface area contributed by atoms with Gasteiger partial charge in [0, 0.05) is 23.6 Å². The third kappa shape index (κ3) is 6.59. The number of esters is 1. The lowest BCUT2D eigenvalue weighted by molar-refractivity contribution is -0.140. The second-order valence-corrected chi connectivity index (χ2v) is 8.74. The average Bonchev–Trinajstić information content (AvgIpc) is 2.80. The van der Waals surface area contributed by atoms with Crippen LogP contribution in [0.15, 0.2) is 59.8 Å². The summed E-state index contributed by atoms with van der Waals surface area (Å²) in [5.74, 6) is -0.800. The van der Waals surface area contributed by atoms with Crippen molar-refractivity contribution in [2.45, 2.75) is 40.2 Å². The normalized spacial score (nSPS) is 15.7. The van der Waals surface area contributed by atoms with E-state index >= 15 is 0 Å². The zero-order valence-corrected chi connectivity index (χ0v) is 20.4. The van der Waals surface area contributed by atoms with Crippen LogP contribution in [0.5, 0.6) is 0 Å². The van der Waals surface area contributed by atoms with E-state index in [4.69, 9.17) is 4.74 Å². The molecule has 0 fully saturated rings. The van der Waals surface area contributed by atoms with Gasteiger partial charge in [-0.05, 0) is 55.2 Å². The van der Waals surface area contributed by atoms with Crippen molar-refractivity contribution in [1.82, 2.24) is 10.2 Å². The monoisotopic (exact) mass is 482 g/mol. The number of hydrogen-bond acceptors (Lipinski definition) is 4. The molecule has 1 aliphatic rings. The molecular weight excluding hydrogens is 451 g/mol. The molecule has 0 saturated carbocycles. The van der Waals surface area contributed by atoms with E-state index in [1.807, 2.05) is 20.8 Å². The van der Waals surface area contributed by atoms with Crippen LogP contribution >= 0.6 is 0 Å². The fourth-order valence-electron chi connectivity index (χ4n) is 3.76. The lowest BCUT2D eigenvalue weighted by Gasteiger charge is -2.35. The molecule has 3 rings (SSSR count). The molecule has 0 aliphatic carbocycles. The molecular formula is C26H31FN4O4. The second-order valence-electron chi connectivity index (χ2n) is 8.74. The van der Waals surface area contributed by atoms with Gasteiger partial charge in [-0.1, -0.05) is 39.0 Å². The van der Waals surface area contributed by atoms with Crippen LogP contribution < -0.4 is 16.0 Å². The molecule has 0 radical (unpaired) electrons. The molecule has 2 aromatic carbocycles. The van der Waals surface area contributed by atoms with Crippen molar-refractivity contribution in [3.8, 4) is 0 Å². The number of carbonyl (C=O) groups excluding carboxylic acids is 3. The van der Waals surface area contributed by atoms with Crippen molar-refractivity contribution >= 4 is 29.4 Å². The van der Waals surface area contributed by atoms with E-state index in [-0.39, 0.29) is 18.6 Å². The third-order valence-electron chi connectivity index (χ3n) is 5.37. The number of urea groups is 2. The first-order valence-corrected chi connectivity index (χ1v) is 11.6. The Labute approximate surface area is 204 Å². The minimum absolute atomic E-state index is 0.160. The number of rotatable bonds is 8. The maximum Gasteiger partial charge on any atom is 0.338 e. The van der Waals surface area contributed by atoms with Crippen molar-refractivity contribution in [3.63, 3.8) is 0 Å². The predicted molar refractivity (Wildman–Crippen MR) is 132 cm³/mol. The molecule has 1 unspecified atom stereocenters. The summed E-state index contributed by atoms with van der Waals surface area (Å²) in [6.07, 6.45) is 0.726. The largest absolute Gasteiger partial charge is 0.462 e. The minimum atomic E-state index is -0.747. The summed E-state index contributed by atoms with van der Waals surface area (Å²) in [5.41, 5.74) is 2.24. The van der Waals surface area contributed by atoms with Crippen molar-refractivity contribution in [3.05, 3.63) is 71.2 Å². The van der Waals surface area contributed by atoms with E-state index in [1.54, 1.807) is 37.3 Å². The third-order valence-corrected chi connectivity index (χ3v) is 5.37. The first-order chi connectivity index (χ1) is 16.7. The fraction of sp³-hybridized carbons (Fsp3) is 0.346. The van der Waals surface area contributed by atoms with Crippen LogP contribution in [0.3, 0.4) is 0 Å². The van der Waals surface area contributed by atoms with Gasteiger partial charge in [-0.2, -0.15) is 0 Å². The number of benzene rings is 2. The zero-order chi connectivity index (χ0) is 25.5. The highest BCUT2D eigenvalue weighted by Gasteiger charge is 2.36. The molecule has 0 aromatic heterocycles. The summed E-state index contributed by atoms with van der Waals surface area (Å²) in [5, 5.41) is 8.17. The number of carbonyl (C=O) groups is 3. The molecule has 1 atom stereocenters. The van der Waals surface area contributed by atoms with E-state index in [9.17, 15) is 18.8 Å². The Hall–Kier alpha value is -3.88. The molecule has 186 valence electrons. The van der Waals surface area contributed by atoms with Gasteiger partial charge in [-0.3, -0.25) is 4.90 Å². The first-order valence-electron chi connectivity index (χ1n) is 11.6. The highest BCUT2D eigenvalue weighted by atomic mass is 19.1. The van der Waals surface area contributed by atoms with Gasteiger partial charge in [0.15, 0.2) is 0 Å². The van der Waals surface area contributed by atoms with Gasteiger partial charge in [-0.15, -0.1) is 0 Å². The van der Waals surface area contributed by atoms with Crippen LogP contribution in [0.1, 0.15) is 45.7 Å². The maximum atomic E-state index is 13.4. The lowest BCUT2D eigenvalue weighted by Crippen LogP contribution is -2.48. The molecule has 0 spiro atoms. The van der Waals surface area contributed by atoms with E-state index in [1.165, 1.54) is 23.1 Å². The number of anilines is 2. The minimum Gasteiger partial charge on any atom is -0.462 e. The number of nitrogens with zero attached hydrogens (tertiary/aromatic N) is 1. The molecule has 3 N–H and O–H groups in total. The molecule has 2 aromatic rings. The van der Waals surface area contributed by atoms with Crippen LogP contribution in [0, 0.1) is 11.7 Å². The lowest BCUT2D eigenvalue weighted by atomic mass is 9.94. The Bertz CT molecular complexity index is 1130. The average molecular weight is 483 g/mol. The summed E-state index contributed by atoms with van der Waals surface area (Å²) in [6, 6.07) is 10.8. The number of halogens is 1. The molecule has 4 amide bonds. The van der Waals surface area contributed by atoms with Gasteiger partial charge in [-0.25, -0.2) is 18.8 Å². The van der Waals surface area contributed by atoms with Gasteiger partial charge in [0.1, 0.15) is 5.82 Å². The molecule has 0 saturated heterocycles. The number of allylic oxidation sites excluding steroid dienone is 1. The number of nitrogens with one attached hydrogen (secondary N) is 3. The van der Waals surface area contributed by atoms with E-state index in [0.717, 1.165) is 6.42 Å². The topological polar surface area (TPSA) is 99.8 Å². The zero-order valence-electron chi connectivity index (χ0n) is 20.4. The summed E-state index contributed by atoms with van der Waals surface area (Å²) in [4.78, 5) is 39.9. The van der Waals surface area contributed by atoms with Crippen LogP contribution in [0.2, 0.25) is 0 Å². The van der Waals surface area contributed by atoms with Crippen LogP contribution in [-0.2, 0) is 9.53 Å². The van der Waals surface area contributed by atoms with Gasteiger partial charge in [0.2, 0.25) is 0 Å².